The molecule has 1 heterocycles. The van der Waals surface area contributed by atoms with Crippen LogP contribution in [0.4, 0.5) is 5.82 Å². The highest BCUT2D eigenvalue weighted by atomic mass is 35.5. The van der Waals surface area contributed by atoms with Crippen molar-refractivity contribution < 1.29 is 4.74 Å². The van der Waals surface area contributed by atoms with Crippen LogP contribution in [0.1, 0.15) is 6.92 Å². The molecule has 0 saturated carbocycles. The molecule has 0 aliphatic carbocycles. The van der Waals surface area contributed by atoms with Crippen molar-refractivity contribution in [1.82, 2.24) is 9.97 Å². The summed E-state index contributed by atoms with van der Waals surface area (Å²) in [6, 6.07) is 0. The molecular weight excluding hydrogens is 237 g/mol. The van der Waals surface area contributed by atoms with Gasteiger partial charge in [-0.2, -0.15) is 4.98 Å². The van der Waals surface area contributed by atoms with E-state index >= 15 is 0 Å². The lowest BCUT2D eigenvalue weighted by Crippen LogP contribution is -2.24. The predicted molar refractivity (Wildman–Crippen MR) is 61.8 cm³/mol. The second-order valence-electron chi connectivity index (χ2n) is 2.93. The van der Waals surface area contributed by atoms with Gasteiger partial charge in [-0.1, -0.05) is 11.6 Å². The highest BCUT2D eigenvalue weighted by Gasteiger charge is 2.08. The molecule has 1 aromatic heterocycles. The van der Waals surface area contributed by atoms with Gasteiger partial charge < -0.3 is 9.64 Å². The SMILES string of the molecule is CCOCCN(C)c1nc(Cl)ncc1Cl. The molecule has 0 spiro atoms. The Hall–Kier alpha value is -0.580. The zero-order chi connectivity index (χ0) is 11.3. The Morgan fingerprint density at radius 1 is 1.47 bits per heavy atom. The Labute approximate surface area is 99.2 Å². The second-order valence-corrected chi connectivity index (χ2v) is 3.67. The van der Waals surface area contributed by atoms with Crippen molar-refractivity contribution in [3.63, 3.8) is 0 Å². The molecule has 0 amide bonds. The summed E-state index contributed by atoms with van der Waals surface area (Å²) in [5, 5.41) is 0.677. The van der Waals surface area contributed by atoms with Gasteiger partial charge in [0.25, 0.3) is 0 Å². The smallest absolute Gasteiger partial charge is 0.224 e. The van der Waals surface area contributed by atoms with E-state index < -0.39 is 0 Å². The fourth-order valence-corrected chi connectivity index (χ4v) is 1.42. The lowest BCUT2D eigenvalue weighted by molar-refractivity contribution is 0.154. The van der Waals surface area contributed by atoms with Gasteiger partial charge in [-0.15, -0.1) is 0 Å². The Balaban J connectivity index is 2.64. The summed E-state index contributed by atoms with van der Waals surface area (Å²) in [5.41, 5.74) is 0. The summed E-state index contributed by atoms with van der Waals surface area (Å²) >= 11 is 11.6. The number of rotatable bonds is 5. The average Bonchev–Trinajstić information content (AvgIpc) is 2.22. The van der Waals surface area contributed by atoms with Gasteiger partial charge in [-0.25, -0.2) is 4.98 Å². The van der Waals surface area contributed by atoms with E-state index in [2.05, 4.69) is 9.97 Å². The summed E-state index contributed by atoms with van der Waals surface area (Å²) in [4.78, 5) is 9.71. The molecule has 1 aromatic rings. The first kappa shape index (κ1) is 12.5. The number of hydrogen-bond donors (Lipinski definition) is 0. The molecule has 0 radical (unpaired) electrons. The molecule has 15 heavy (non-hydrogen) atoms. The van der Waals surface area contributed by atoms with Crippen molar-refractivity contribution in [1.29, 1.82) is 0 Å². The van der Waals surface area contributed by atoms with Crippen molar-refractivity contribution in [2.24, 2.45) is 0 Å². The van der Waals surface area contributed by atoms with Crippen LogP contribution < -0.4 is 4.90 Å². The molecule has 0 aliphatic heterocycles. The van der Waals surface area contributed by atoms with Crippen molar-refractivity contribution in [3.05, 3.63) is 16.5 Å². The molecule has 0 atom stereocenters. The molecular formula is C9H13Cl2N3O. The number of likely N-dealkylation sites (N-methyl/N-ethyl adjacent to an activating group) is 1. The predicted octanol–water partition coefficient (Wildman–Crippen LogP) is 2.26. The lowest BCUT2D eigenvalue weighted by Gasteiger charge is -2.18. The molecule has 0 bridgehead atoms. The van der Waals surface area contributed by atoms with Crippen LogP contribution in [0, 0.1) is 0 Å². The van der Waals surface area contributed by atoms with Crippen LogP contribution in [0.15, 0.2) is 6.20 Å². The second kappa shape index (κ2) is 6.10. The molecule has 0 aliphatic rings. The first-order valence-corrected chi connectivity index (χ1v) is 5.37. The summed E-state index contributed by atoms with van der Waals surface area (Å²) < 4.78 is 5.23. The highest BCUT2D eigenvalue weighted by Crippen LogP contribution is 2.22. The van der Waals surface area contributed by atoms with Crippen LogP contribution in [-0.4, -0.2) is 36.8 Å². The van der Waals surface area contributed by atoms with Gasteiger partial charge in [0.15, 0.2) is 5.82 Å². The number of ether oxygens (including phenoxy) is 1. The van der Waals surface area contributed by atoms with E-state index in [1.54, 1.807) is 0 Å². The lowest BCUT2D eigenvalue weighted by atomic mass is 10.5. The van der Waals surface area contributed by atoms with Crippen LogP contribution in [0.3, 0.4) is 0 Å². The fraction of sp³-hybridized carbons (Fsp3) is 0.556. The minimum Gasteiger partial charge on any atom is -0.380 e. The maximum Gasteiger partial charge on any atom is 0.224 e. The van der Waals surface area contributed by atoms with E-state index in [4.69, 9.17) is 27.9 Å². The van der Waals surface area contributed by atoms with E-state index in [1.807, 2.05) is 18.9 Å². The molecule has 0 N–H and O–H groups in total. The molecule has 0 saturated heterocycles. The largest absolute Gasteiger partial charge is 0.380 e. The number of hydrogen-bond acceptors (Lipinski definition) is 4. The van der Waals surface area contributed by atoms with Crippen LogP contribution in [0.25, 0.3) is 0 Å². The van der Waals surface area contributed by atoms with Crippen LogP contribution in [0.5, 0.6) is 0 Å². The number of aromatic nitrogens is 2. The van der Waals surface area contributed by atoms with Gasteiger partial charge in [0.2, 0.25) is 5.28 Å². The molecule has 0 fully saturated rings. The topological polar surface area (TPSA) is 38.2 Å². The maximum absolute atomic E-state index is 5.94. The first-order valence-electron chi connectivity index (χ1n) is 4.62. The van der Waals surface area contributed by atoms with E-state index in [1.165, 1.54) is 6.20 Å². The summed E-state index contributed by atoms with van der Waals surface area (Å²) in [6.07, 6.45) is 1.49. The third kappa shape index (κ3) is 3.81. The van der Waals surface area contributed by atoms with Crippen LogP contribution in [-0.2, 0) is 4.74 Å². The van der Waals surface area contributed by atoms with E-state index in [-0.39, 0.29) is 5.28 Å². The van der Waals surface area contributed by atoms with Crippen LogP contribution >= 0.6 is 23.2 Å². The van der Waals surface area contributed by atoms with Crippen molar-refractivity contribution >= 4 is 29.0 Å². The van der Waals surface area contributed by atoms with Gasteiger partial charge in [-0.05, 0) is 18.5 Å². The third-order valence-electron chi connectivity index (χ3n) is 1.83. The maximum atomic E-state index is 5.94. The van der Waals surface area contributed by atoms with Crippen LogP contribution in [0.2, 0.25) is 10.3 Å². The number of anilines is 1. The van der Waals surface area contributed by atoms with Gasteiger partial charge in [0.05, 0.1) is 12.8 Å². The van der Waals surface area contributed by atoms with Crippen molar-refractivity contribution in [3.8, 4) is 0 Å². The quantitative estimate of drug-likeness (QED) is 0.593. The third-order valence-corrected chi connectivity index (χ3v) is 2.28. The Kier molecular flexibility index (Phi) is 5.08. The average molecular weight is 250 g/mol. The molecule has 84 valence electrons. The minimum absolute atomic E-state index is 0.192. The van der Waals surface area contributed by atoms with Gasteiger partial charge in [0, 0.05) is 20.2 Å². The first-order chi connectivity index (χ1) is 7.15. The van der Waals surface area contributed by atoms with Gasteiger partial charge >= 0.3 is 0 Å². The summed E-state index contributed by atoms with van der Waals surface area (Å²) in [5.74, 6) is 0.622. The molecule has 1 rings (SSSR count). The fourth-order valence-electron chi connectivity index (χ4n) is 1.06. The van der Waals surface area contributed by atoms with Crippen molar-refractivity contribution in [2.75, 3.05) is 31.7 Å². The Morgan fingerprint density at radius 3 is 2.87 bits per heavy atom. The molecule has 0 aromatic carbocycles. The number of nitrogens with zero attached hydrogens (tertiary/aromatic N) is 3. The summed E-state index contributed by atoms with van der Waals surface area (Å²) in [6.45, 7) is 3.99. The van der Waals surface area contributed by atoms with Crippen molar-refractivity contribution in [2.45, 2.75) is 6.92 Å². The van der Waals surface area contributed by atoms with Gasteiger partial charge in [-0.3, -0.25) is 0 Å². The molecule has 4 nitrogen and oxygen atoms in total. The molecule has 0 unspecified atom stereocenters. The Morgan fingerprint density at radius 2 is 2.20 bits per heavy atom. The van der Waals surface area contributed by atoms with E-state index in [0.717, 1.165) is 0 Å². The van der Waals surface area contributed by atoms with Gasteiger partial charge in [0.1, 0.15) is 5.02 Å². The van der Waals surface area contributed by atoms with E-state index in [0.29, 0.717) is 30.6 Å². The minimum atomic E-state index is 0.192. The number of halogens is 2. The zero-order valence-electron chi connectivity index (χ0n) is 8.70. The monoisotopic (exact) mass is 249 g/mol. The standard InChI is InChI=1S/C9H13Cl2N3O/c1-3-15-5-4-14(2)8-7(10)6-12-9(11)13-8/h6H,3-5H2,1-2H3. The zero-order valence-corrected chi connectivity index (χ0v) is 10.2. The van der Waals surface area contributed by atoms with E-state index in [9.17, 15) is 0 Å². The highest BCUT2D eigenvalue weighted by molar-refractivity contribution is 6.33. The summed E-state index contributed by atoms with van der Waals surface area (Å²) in [7, 11) is 1.88. The normalized spacial score (nSPS) is 10.4. The Bertz CT molecular complexity index is 322. The molecule has 6 heteroatoms.